The smallest absolute Gasteiger partial charge is 0.158 e. The second-order valence-corrected chi connectivity index (χ2v) is 5.86. The van der Waals surface area contributed by atoms with Gasteiger partial charge in [-0.25, -0.2) is 0 Å². The van der Waals surface area contributed by atoms with Crippen molar-refractivity contribution in [1.29, 1.82) is 0 Å². The Morgan fingerprint density at radius 1 is 0.680 bits per heavy atom. The summed E-state index contributed by atoms with van der Waals surface area (Å²) in [6, 6.07) is 29.5. The van der Waals surface area contributed by atoms with Gasteiger partial charge in [-0.2, -0.15) is 0 Å². The molecule has 0 aliphatic rings. The molecule has 0 bridgehead atoms. The molecule has 1 atom stereocenters. The van der Waals surface area contributed by atoms with Gasteiger partial charge in [-0.15, -0.1) is 0 Å². The third-order valence-electron chi connectivity index (χ3n) is 4.23. The Morgan fingerprint density at radius 2 is 1.04 bits per heavy atom. The molecule has 0 aliphatic carbocycles. The van der Waals surface area contributed by atoms with Crippen molar-refractivity contribution < 1.29 is 14.9 Å². The Kier molecular flexibility index (Phi) is 5.61. The zero-order chi connectivity index (χ0) is 17.5. The minimum absolute atomic E-state index is 0.143. The van der Waals surface area contributed by atoms with Gasteiger partial charge in [-0.1, -0.05) is 91.0 Å². The summed E-state index contributed by atoms with van der Waals surface area (Å²) in [7, 11) is 0. The molecule has 0 aliphatic heterocycles. The van der Waals surface area contributed by atoms with Crippen LogP contribution < -0.4 is 0 Å². The van der Waals surface area contributed by atoms with Crippen LogP contribution in [0.15, 0.2) is 91.0 Å². The fourth-order valence-electron chi connectivity index (χ4n) is 3.10. The maximum Gasteiger partial charge on any atom is 0.158 e. The van der Waals surface area contributed by atoms with Crippen molar-refractivity contribution in [2.24, 2.45) is 0 Å². The van der Waals surface area contributed by atoms with Crippen LogP contribution in [0.1, 0.15) is 23.1 Å². The first-order valence-corrected chi connectivity index (χ1v) is 8.40. The van der Waals surface area contributed by atoms with Gasteiger partial charge in [0.15, 0.2) is 6.29 Å². The molecule has 0 amide bonds. The van der Waals surface area contributed by atoms with Crippen molar-refractivity contribution in [2.45, 2.75) is 18.3 Å². The monoisotopic (exact) mass is 334 g/mol. The number of hydrogen-bond donors (Lipinski definition) is 2. The minimum atomic E-state index is -1.09. The van der Waals surface area contributed by atoms with Crippen LogP contribution in [0.4, 0.5) is 0 Å². The molecule has 0 saturated heterocycles. The van der Waals surface area contributed by atoms with Crippen LogP contribution in [0.25, 0.3) is 0 Å². The highest BCUT2D eigenvalue weighted by molar-refractivity contribution is 5.47. The van der Waals surface area contributed by atoms with E-state index in [2.05, 4.69) is 0 Å². The van der Waals surface area contributed by atoms with Crippen molar-refractivity contribution in [1.82, 2.24) is 0 Å². The number of benzene rings is 3. The predicted octanol–water partition coefficient (Wildman–Crippen LogP) is 3.70. The molecule has 0 saturated carbocycles. The van der Waals surface area contributed by atoms with E-state index in [-0.39, 0.29) is 13.0 Å². The van der Waals surface area contributed by atoms with Crippen LogP contribution in [0.5, 0.6) is 0 Å². The highest BCUT2D eigenvalue weighted by Crippen LogP contribution is 2.41. The van der Waals surface area contributed by atoms with Crippen LogP contribution in [0.2, 0.25) is 0 Å². The normalized spacial score (nSPS) is 12.7. The van der Waals surface area contributed by atoms with Crippen LogP contribution in [-0.4, -0.2) is 23.1 Å². The van der Waals surface area contributed by atoms with Crippen LogP contribution in [0.3, 0.4) is 0 Å². The number of rotatable bonds is 7. The number of aliphatic hydroxyl groups is 2. The molecule has 128 valence electrons. The first kappa shape index (κ1) is 17.4. The van der Waals surface area contributed by atoms with Gasteiger partial charge >= 0.3 is 0 Å². The summed E-state index contributed by atoms with van der Waals surface area (Å²) in [4.78, 5) is 0. The second kappa shape index (κ2) is 8.08. The van der Waals surface area contributed by atoms with Gasteiger partial charge in [-0.3, -0.25) is 0 Å². The van der Waals surface area contributed by atoms with Crippen LogP contribution in [-0.2, 0) is 10.3 Å². The largest absolute Gasteiger partial charge is 0.396 e. The lowest BCUT2D eigenvalue weighted by molar-refractivity contribution is -0.165. The van der Waals surface area contributed by atoms with Gasteiger partial charge in [0.25, 0.3) is 0 Å². The summed E-state index contributed by atoms with van der Waals surface area (Å²) >= 11 is 0. The van der Waals surface area contributed by atoms with E-state index in [0.717, 1.165) is 16.7 Å². The lowest BCUT2D eigenvalue weighted by Gasteiger charge is -2.37. The fraction of sp³-hybridized carbons (Fsp3) is 0.182. The minimum Gasteiger partial charge on any atom is -0.396 e. The van der Waals surface area contributed by atoms with Crippen LogP contribution >= 0.6 is 0 Å². The second-order valence-electron chi connectivity index (χ2n) is 5.86. The van der Waals surface area contributed by atoms with E-state index < -0.39 is 11.9 Å². The maximum absolute atomic E-state index is 10.4. The zero-order valence-electron chi connectivity index (χ0n) is 14.0. The summed E-state index contributed by atoms with van der Waals surface area (Å²) in [5.74, 6) is 0. The topological polar surface area (TPSA) is 49.7 Å². The molecule has 0 heterocycles. The van der Waals surface area contributed by atoms with Gasteiger partial charge in [0, 0.05) is 13.0 Å². The molecule has 3 nitrogen and oxygen atoms in total. The van der Waals surface area contributed by atoms with E-state index in [4.69, 9.17) is 4.74 Å². The van der Waals surface area contributed by atoms with E-state index in [1.54, 1.807) is 0 Å². The standard InChI is InChI=1S/C22H22O3/c23-17-16-21(24)25-22(18-10-4-1-5-11-18,19-12-6-2-7-13-19)20-14-8-3-9-15-20/h1-15,21,23-24H,16-17H2. The lowest BCUT2D eigenvalue weighted by Crippen LogP contribution is -2.37. The molecule has 3 aromatic carbocycles. The Bertz CT molecular complexity index is 660. The molecule has 0 aromatic heterocycles. The van der Waals surface area contributed by atoms with Crippen molar-refractivity contribution >= 4 is 0 Å². The van der Waals surface area contributed by atoms with Crippen LogP contribution in [0, 0.1) is 0 Å². The quantitative estimate of drug-likeness (QED) is 0.512. The third-order valence-corrected chi connectivity index (χ3v) is 4.23. The summed E-state index contributed by atoms with van der Waals surface area (Å²) in [6.45, 7) is -0.143. The molecule has 2 N–H and O–H groups in total. The number of aliphatic hydroxyl groups excluding tert-OH is 2. The van der Waals surface area contributed by atoms with E-state index in [1.807, 2.05) is 91.0 Å². The highest BCUT2D eigenvalue weighted by atomic mass is 16.6. The van der Waals surface area contributed by atoms with E-state index in [1.165, 1.54) is 0 Å². The first-order chi connectivity index (χ1) is 12.3. The van der Waals surface area contributed by atoms with Crippen molar-refractivity contribution in [3.63, 3.8) is 0 Å². The Morgan fingerprint density at radius 3 is 1.36 bits per heavy atom. The zero-order valence-corrected chi connectivity index (χ0v) is 14.0. The molecular weight excluding hydrogens is 312 g/mol. The Hall–Kier alpha value is -2.46. The molecule has 1 unspecified atom stereocenters. The Labute approximate surface area is 148 Å². The molecule has 0 spiro atoms. The maximum atomic E-state index is 10.4. The summed E-state index contributed by atoms with van der Waals surface area (Å²) in [5.41, 5.74) is 1.80. The van der Waals surface area contributed by atoms with Gasteiger partial charge in [0.1, 0.15) is 5.60 Å². The molecule has 3 heteroatoms. The van der Waals surface area contributed by atoms with E-state index >= 15 is 0 Å². The van der Waals surface area contributed by atoms with Crippen molar-refractivity contribution in [3.8, 4) is 0 Å². The van der Waals surface area contributed by atoms with Gasteiger partial charge < -0.3 is 14.9 Å². The SMILES string of the molecule is OCCC(O)OC(c1ccccc1)(c1ccccc1)c1ccccc1. The van der Waals surface area contributed by atoms with E-state index in [9.17, 15) is 10.2 Å². The molecule has 25 heavy (non-hydrogen) atoms. The fourth-order valence-corrected chi connectivity index (χ4v) is 3.10. The summed E-state index contributed by atoms with van der Waals surface area (Å²) < 4.78 is 6.23. The summed E-state index contributed by atoms with van der Waals surface area (Å²) in [6.07, 6.45) is -0.945. The molecular formula is C22H22O3. The lowest BCUT2D eigenvalue weighted by atomic mass is 9.80. The number of ether oxygens (including phenoxy) is 1. The van der Waals surface area contributed by atoms with E-state index in [0.29, 0.717) is 0 Å². The molecule has 0 fully saturated rings. The summed E-state index contributed by atoms with van der Waals surface area (Å²) in [5, 5.41) is 19.6. The first-order valence-electron chi connectivity index (χ1n) is 8.40. The molecule has 3 rings (SSSR count). The number of hydrogen-bond acceptors (Lipinski definition) is 3. The van der Waals surface area contributed by atoms with Gasteiger partial charge in [0.05, 0.1) is 0 Å². The average Bonchev–Trinajstić information content (AvgIpc) is 2.68. The molecule has 3 aromatic rings. The third kappa shape index (κ3) is 3.64. The predicted molar refractivity (Wildman–Crippen MR) is 98.0 cm³/mol. The van der Waals surface area contributed by atoms with Crippen molar-refractivity contribution in [2.75, 3.05) is 6.61 Å². The highest BCUT2D eigenvalue weighted by Gasteiger charge is 2.39. The van der Waals surface area contributed by atoms with Gasteiger partial charge in [0.2, 0.25) is 0 Å². The van der Waals surface area contributed by atoms with Gasteiger partial charge in [-0.05, 0) is 16.7 Å². The molecule has 0 radical (unpaired) electrons. The van der Waals surface area contributed by atoms with Crippen molar-refractivity contribution in [3.05, 3.63) is 108 Å². The Balaban J connectivity index is 2.24. The average molecular weight is 334 g/mol.